The summed E-state index contributed by atoms with van der Waals surface area (Å²) in [5.74, 6) is 0.210. The van der Waals surface area contributed by atoms with Gasteiger partial charge in [0.2, 0.25) is 0 Å². The fraction of sp³-hybridized carbons (Fsp3) is 0.409. The van der Waals surface area contributed by atoms with E-state index in [1.54, 1.807) is 0 Å². The standard InChI is InChI=1S/C22H30BrNO/c1-5-16-24(4)17-15-19(3)8-6-7-18(2)9-14-22(25)20-10-12-21(23)13-11-20/h5,7,10-13,15H,1,6,8-9,14,16-17H2,2-4H3/b18-7+,19-15+. The van der Waals surface area contributed by atoms with Crippen molar-refractivity contribution in [1.82, 2.24) is 4.90 Å². The maximum Gasteiger partial charge on any atom is 0.163 e. The lowest BCUT2D eigenvalue weighted by molar-refractivity contribution is 0.0982. The molecule has 1 aromatic rings. The first-order valence-corrected chi connectivity index (χ1v) is 9.61. The second-order valence-corrected chi connectivity index (χ2v) is 7.50. The maximum absolute atomic E-state index is 12.2. The zero-order valence-corrected chi connectivity index (χ0v) is 17.3. The summed E-state index contributed by atoms with van der Waals surface area (Å²) >= 11 is 3.39. The van der Waals surface area contributed by atoms with Gasteiger partial charge in [0, 0.05) is 29.5 Å². The van der Waals surface area contributed by atoms with Crippen molar-refractivity contribution in [2.45, 2.75) is 39.5 Å². The molecule has 0 aromatic heterocycles. The fourth-order valence-corrected chi connectivity index (χ4v) is 2.71. The Kier molecular flexibility index (Phi) is 10.4. The molecule has 2 nitrogen and oxygen atoms in total. The van der Waals surface area contributed by atoms with E-state index < -0.39 is 0 Å². The topological polar surface area (TPSA) is 20.3 Å². The average molecular weight is 404 g/mol. The van der Waals surface area contributed by atoms with E-state index in [1.165, 1.54) is 11.1 Å². The molecule has 0 saturated carbocycles. The number of nitrogens with zero attached hydrogens (tertiary/aromatic N) is 1. The number of ketones is 1. The summed E-state index contributed by atoms with van der Waals surface area (Å²) in [5.41, 5.74) is 3.49. The first kappa shape index (κ1) is 21.6. The molecule has 0 aliphatic rings. The molecular weight excluding hydrogens is 374 g/mol. The van der Waals surface area contributed by atoms with Gasteiger partial charge in [-0.3, -0.25) is 9.69 Å². The second-order valence-electron chi connectivity index (χ2n) is 6.58. The Hall–Kier alpha value is -1.45. The Labute approximate surface area is 161 Å². The lowest BCUT2D eigenvalue weighted by Gasteiger charge is -2.11. The number of benzene rings is 1. The SMILES string of the molecule is C=CCN(C)C/C=C(\C)CC/C=C(\C)CCC(=O)c1ccc(Br)cc1. The van der Waals surface area contributed by atoms with Gasteiger partial charge in [0.05, 0.1) is 0 Å². The number of Topliss-reactive ketones (excluding diaryl/α,β-unsaturated/α-hetero) is 1. The molecule has 0 saturated heterocycles. The predicted molar refractivity (Wildman–Crippen MR) is 112 cm³/mol. The highest BCUT2D eigenvalue weighted by Crippen LogP contribution is 2.15. The number of likely N-dealkylation sites (N-methyl/N-ethyl adjacent to an activating group) is 1. The Morgan fingerprint density at radius 1 is 1.04 bits per heavy atom. The molecule has 0 bridgehead atoms. The number of hydrogen-bond acceptors (Lipinski definition) is 2. The van der Waals surface area contributed by atoms with Crippen molar-refractivity contribution in [3.63, 3.8) is 0 Å². The predicted octanol–water partition coefficient (Wildman–Crippen LogP) is 6.20. The van der Waals surface area contributed by atoms with Crippen LogP contribution in [0.4, 0.5) is 0 Å². The molecule has 0 aliphatic carbocycles. The van der Waals surface area contributed by atoms with Crippen LogP contribution in [0.25, 0.3) is 0 Å². The second kappa shape index (κ2) is 12.0. The van der Waals surface area contributed by atoms with Crippen molar-refractivity contribution in [3.8, 4) is 0 Å². The van der Waals surface area contributed by atoms with Crippen LogP contribution < -0.4 is 0 Å². The molecule has 0 heterocycles. The number of hydrogen-bond donors (Lipinski definition) is 0. The summed E-state index contributed by atoms with van der Waals surface area (Å²) in [7, 11) is 2.10. The van der Waals surface area contributed by atoms with E-state index in [0.29, 0.717) is 6.42 Å². The van der Waals surface area contributed by atoms with Crippen molar-refractivity contribution in [3.05, 3.63) is 70.3 Å². The van der Waals surface area contributed by atoms with Crippen molar-refractivity contribution < 1.29 is 4.79 Å². The third kappa shape index (κ3) is 9.57. The lowest BCUT2D eigenvalue weighted by Crippen LogP contribution is -2.18. The van der Waals surface area contributed by atoms with Gasteiger partial charge in [-0.15, -0.1) is 6.58 Å². The Morgan fingerprint density at radius 3 is 2.32 bits per heavy atom. The van der Waals surface area contributed by atoms with Gasteiger partial charge in [-0.1, -0.05) is 57.4 Å². The van der Waals surface area contributed by atoms with Crippen LogP contribution in [-0.2, 0) is 0 Å². The van der Waals surface area contributed by atoms with Crippen LogP contribution in [0.5, 0.6) is 0 Å². The largest absolute Gasteiger partial charge is 0.299 e. The van der Waals surface area contributed by atoms with Crippen LogP contribution in [0.15, 0.2) is 64.7 Å². The highest BCUT2D eigenvalue weighted by Gasteiger charge is 2.05. The van der Waals surface area contributed by atoms with Crippen LogP contribution in [0.1, 0.15) is 49.9 Å². The molecule has 1 aromatic carbocycles. The fourth-order valence-electron chi connectivity index (χ4n) is 2.45. The van der Waals surface area contributed by atoms with Gasteiger partial charge in [-0.25, -0.2) is 0 Å². The molecule has 0 N–H and O–H groups in total. The maximum atomic E-state index is 12.2. The van der Waals surface area contributed by atoms with Gasteiger partial charge >= 0.3 is 0 Å². The minimum absolute atomic E-state index is 0.210. The molecule has 136 valence electrons. The molecule has 0 spiro atoms. The number of rotatable bonds is 11. The van der Waals surface area contributed by atoms with E-state index in [4.69, 9.17) is 0 Å². The van der Waals surface area contributed by atoms with Gasteiger partial charge < -0.3 is 0 Å². The zero-order valence-electron chi connectivity index (χ0n) is 15.7. The number of carbonyl (C=O) groups excluding carboxylic acids is 1. The van der Waals surface area contributed by atoms with Crippen LogP contribution in [-0.4, -0.2) is 30.8 Å². The van der Waals surface area contributed by atoms with Crippen molar-refractivity contribution >= 4 is 21.7 Å². The minimum Gasteiger partial charge on any atom is -0.299 e. The molecule has 25 heavy (non-hydrogen) atoms. The first-order valence-electron chi connectivity index (χ1n) is 8.82. The van der Waals surface area contributed by atoms with Crippen LogP contribution in [0, 0.1) is 0 Å². The lowest BCUT2D eigenvalue weighted by atomic mass is 10.0. The van der Waals surface area contributed by atoms with Crippen molar-refractivity contribution in [2.24, 2.45) is 0 Å². The Morgan fingerprint density at radius 2 is 1.68 bits per heavy atom. The van der Waals surface area contributed by atoms with Crippen LogP contribution >= 0.6 is 15.9 Å². The highest BCUT2D eigenvalue weighted by atomic mass is 79.9. The summed E-state index contributed by atoms with van der Waals surface area (Å²) in [4.78, 5) is 14.4. The summed E-state index contributed by atoms with van der Waals surface area (Å²) in [6, 6.07) is 7.58. The molecule has 3 heteroatoms. The molecule has 0 radical (unpaired) electrons. The number of carbonyl (C=O) groups is 1. The molecule has 0 atom stereocenters. The van der Waals surface area contributed by atoms with Crippen molar-refractivity contribution in [1.29, 1.82) is 0 Å². The average Bonchev–Trinajstić information content (AvgIpc) is 2.59. The van der Waals surface area contributed by atoms with E-state index in [2.05, 4.69) is 60.5 Å². The summed E-state index contributed by atoms with van der Waals surface area (Å²) in [6.07, 6.45) is 9.98. The van der Waals surface area contributed by atoms with E-state index >= 15 is 0 Å². The minimum atomic E-state index is 0.210. The molecule has 1 rings (SSSR count). The molecular formula is C22H30BrNO. The van der Waals surface area contributed by atoms with Gasteiger partial charge in [-0.05, 0) is 52.3 Å². The zero-order chi connectivity index (χ0) is 18.7. The number of allylic oxidation sites excluding steroid dienone is 3. The highest BCUT2D eigenvalue weighted by molar-refractivity contribution is 9.10. The van der Waals surface area contributed by atoms with E-state index in [9.17, 15) is 4.79 Å². The van der Waals surface area contributed by atoms with E-state index in [1.807, 2.05) is 30.3 Å². The van der Waals surface area contributed by atoms with Gasteiger partial charge in [0.25, 0.3) is 0 Å². The smallest absolute Gasteiger partial charge is 0.163 e. The van der Waals surface area contributed by atoms with E-state index in [0.717, 1.165) is 42.4 Å². The third-order valence-electron chi connectivity index (χ3n) is 4.14. The quantitative estimate of drug-likeness (QED) is 0.323. The summed E-state index contributed by atoms with van der Waals surface area (Å²) < 4.78 is 0.999. The summed E-state index contributed by atoms with van der Waals surface area (Å²) in [5, 5.41) is 0. The Bertz CT molecular complexity index is 613. The first-order chi connectivity index (χ1) is 11.9. The molecule has 0 fully saturated rings. The number of halogens is 1. The van der Waals surface area contributed by atoms with Crippen LogP contribution in [0.3, 0.4) is 0 Å². The van der Waals surface area contributed by atoms with Gasteiger partial charge in [0.1, 0.15) is 0 Å². The normalized spacial score (nSPS) is 12.5. The molecule has 0 unspecified atom stereocenters. The van der Waals surface area contributed by atoms with Gasteiger partial charge in [-0.2, -0.15) is 0 Å². The van der Waals surface area contributed by atoms with E-state index in [-0.39, 0.29) is 5.78 Å². The molecule has 0 aliphatic heterocycles. The monoisotopic (exact) mass is 403 g/mol. The van der Waals surface area contributed by atoms with Gasteiger partial charge in [0.15, 0.2) is 5.78 Å². The third-order valence-corrected chi connectivity index (χ3v) is 4.66. The summed E-state index contributed by atoms with van der Waals surface area (Å²) in [6.45, 7) is 9.93. The van der Waals surface area contributed by atoms with Crippen molar-refractivity contribution in [2.75, 3.05) is 20.1 Å². The van der Waals surface area contributed by atoms with Crippen LogP contribution in [0.2, 0.25) is 0 Å². The molecule has 0 amide bonds. The Balaban J connectivity index is 2.33.